The highest BCUT2D eigenvalue weighted by molar-refractivity contribution is 5.77. The van der Waals surface area contributed by atoms with Crippen LogP contribution in [0.5, 0.6) is 0 Å². The Hall–Kier alpha value is -0.610. The van der Waals surface area contributed by atoms with Crippen molar-refractivity contribution in [3.8, 4) is 0 Å². The first-order valence-corrected chi connectivity index (χ1v) is 7.66. The van der Waals surface area contributed by atoms with Crippen molar-refractivity contribution in [1.82, 2.24) is 10.2 Å². The van der Waals surface area contributed by atoms with E-state index in [1.165, 1.54) is 19.3 Å². The lowest BCUT2D eigenvalue weighted by Crippen LogP contribution is -2.44. The highest BCUT2D eigenvalue weighted by Crippen LogP contribution is 2.34. The lowest BCUT2D eigenvalue weighted by atomic mass is 9.82. The molecule has 0 heterocycles. The molecule has 2 aliphatic rings. The van der Waals surface area contributed by atoms with Gasteiger partial charge in [0, 0.05) is 12.6 Å². The predicted octanol–water partition coefficient (Wildman–Crippen LogP) is 1.53. The van der Waals surface area contributed by atoms with E-state index < -0.39 is 5.60 Å². The highest BCUT2D eigenvalue weighted by atomic mass is 16.3. The Labute approximate surface area is 116 Å². The number of carbonyl (C=O) groups is 1. The number of hydrogen-bond acceptors (Lipinski definition) is 3. The third-order valence-electron chi connectivity index (χ3n) is 4.61. The Bertz CT molecular complexity index is 305. The van der Waals surface area contributed by atoms with E-state index in [0.717, 1.165) is 31.6 Å². The van der Waals surface area contributed by atoms with Gasteiger partial charge >= 0.3 is 0 Å². The molecule has 2 saturated carbocycles. The maximum absolute atomic E-state index is 12.0. The fourth-order valence-electron chi connectivity index (χ4n) is 3.22. The Balaban J connectivity index is 1.74. The molecule has 1 amide bonds. The second-order valence-corrected chi connectivity index (χ2v) is 6.63. The van der Waals surface area contributed by atoms with Gasteiger partial charge in [0.05, 0.1) is 12.0 Å². The molecular formula is C15H28N2O2. The summed E-state index contributed by atoms with van der Waals surface area (Å²) >= 11 is 0. The minimum atomic E-state index is -0.741. The van der Waals surface area contributed by atoms with Crippen LogP contribution in [0.1, 0.15) is 51.4 Å². The fourth-order valence-corrected chi connectivity index (χ4v) is 3.22. The molecule has 1 atom stereocenters. The second-order valence-electron chi connectivity index (χ2n) is 6.63. The summed E-state index contributed by atoms with van der Waals surface area (Å²) in [5.41, 5.74) is -0.741. The van der Waals surface area contributed by atoms with Crippen molar-refractivity contribution in [3.05, 3.63) is 0 Å². The van der Waals surface area contributed by atoms with Crippen molar-refractivity contribution < 1.29 is 9.90 Å². The van der Waals surface area contributed by atoms with Crippen molar-refractivity contribution in [2.75, 3.05) is 20.6 Å². The van der Waals surface area contributed by atoms with E-state index in [9.17, 15) is 9.90 Å². The third kappa shape index (κ3) is 4.46. The minimum Gasteiger partial charge on any atom is -0.389 e. The Morgan fingerprint density at radius 3 is 2.47 bits per heavy atom. The van der Waals surface area contributed by atoms with E-state index in [1.54, 1.807) is 0 Å². The molecule has 2 fully saturated rings. The third-order valence-corrected chi connectivity index (χ3v) is 4.61. The Morgan fingerprint density at radius 2 is 1.95 bits per heavy atom. The Kier molecular flexibility index (Phi) is 4.85. The molecule has 0 aromatic rings. The SMILES string of the molecule is CN(C)C(CNC(=O)CC1(O)CCCCC1)C1CC1. The monoisotopic (exact) mass is 268 g/mol. The molecule has 0 bridgehead atoms. The number of nitrogens with one attached hydrogen (secondary N) is 1. The standard InChI is InChI=1S/C15H28N2O2/c1-17(2)13(12-6-7-12)11-16-14(18)10-15(19)8-4-3-5-9-15/h12-13,19H,3-11H2,1-2H3,(H,16,18). The summed E-state index contributed by atoms with van der Waals surface area (Å²) in [5.74, 6) is 0.755. The normalized spacial score (nSPS) is 24.2. The summed E-state index contributed by atoms with van der Waals surface area (Å²) in [7, 11) is 4.15. The number of aliphatic hydroxyl groups is 1. The predicted molar refractivity (Wildman–Crippen MR) is 75.9 cm³/mol. The summed E-state index contributed by atoms with van der Waals surface area (Å²) in [6.07, 6.45) is 7.68. The van der Waals surface area contributed by atoms with Crippen LogP contribution in [0.25, 0.3) is 0 Å². The quantitative estimate of drug-likeness (QED) is 0.768. The van der Waals surface area contributed by atoms with Crippen molar-refractivity contribution in [3.63, 3.8) is 0 Å². The summed E-state index contributed by atoms with van der Waals surface area (Å²) in [5, 5.41) is 13.4. The molecule has 110 valence electrons. The molecule has 0 saturated heterocycles. The van der Waals surface area contributed by atoms with Crippen LogP contribution in [-0.4, -0.2) is 48.2 Å². The van der Waals surface area contributed by atoms with Crippen LogP contribution in [-0.2, 0) is 4.79 Å². The zero-order chi connectivity index (χ0) is 13.9. The number of amides is 1. The van der Waals surface area contributed by atoms with Crippen LogP contribution < -0.4 is 5.32 Å². The van der Waals surface area contributed by atoms with Gasteiger partial charge in [-0.2, -0.15) is 0 Å². The number of hydrogen-bond donors (Lipinski definition) is 2. The molecule has 19 heavy (non-hydrogen) atoms. The van der Waals surface area contributed by atoms with Crippen LogP contribution >= 0.6 is 0 Å². The minimum absolute atomic E-state index is 0.0110. The van der Waals surface area contributed by atoms with E-state index in [1.807, 2.05) is 0 Å². The van der Waals surface area contributed by atoms with Crippen LogP contribution in [0.4, 0.5) is 0 Å². The average molecular weight is 268 g/mol. The van der Waals surface area contributed by atoms with Crippen LogP contribution in [0.15, 0.2) is 0 Å². The lowest BCUT2D eigenvalue weighted by Gasteiger charge is -2.32. The van der Waals surface area contributed by atoms with Gasteiger partial charge in [0.15, 0.2) is 0 Å². The average Bonchev–Trinajstić information content (AvgIpc) is 3.13. The molecule has 0 aromatic heterocycles. The maximum atomic E-state index is 12.0. The first-order valence-electron chi connectivity index (χ1n) is 7.66. The van der Waals surface area contributed by atoms with Gasteiger partial charge in [-0.25, -0.2) is 0 Å². The molecular weight excluding hydrogens is 240 g/mol. The van der Waals surface area contributed by atoms with Crippen molar-refractivity contribution in [2.24, 2.45) is 5.92 Å². The van der Waals surface area contributed by atoms with E-state index in [2.05, 4.69) is 24.3 Å². The first kappa shape index (κ1) is 14.8. The van der Waals surface area contributed by atoms with Gasteiger partial charge in [-0.15, -0.1) is 0 Å². The van der Waals surface area contributed by atoms with E-state index in [-0.39, 0.29) is 12.3 Å². The molecule has 4 heteroatoms. The molecule has 2 rings (SSSR count). The molecule has 0 aromatic carbocycles. The van der Waals surface area contributed by atoms with Crippen LogP contribution in [0.3, 0.4) is 0 Å². The van der Waals surface area contributed by atoms with Crippen molar-refractivity contribution >= 4 is 5.91 Å². The van der Waals surface area contributed by atoms with Crippen molar-refractivity contribution in [2.45, 2.75) is 63.0 Å². The summed E-state index contributed by atoms with van der Waals surface area (Å²) in [6.45, 7) is 0.715. The van der Waals surface area contributed by atoms with Gasteiger partial charge in [0.2, 0.25) is 5.91 Å². The molecule has 4 nitrogen and oxygen atoms in total. The van der Waals surface area contributed by atoms with Crippen LogP contribution in [0, 0.1) is 5.92 Å². The fraction of sp³-hybridized carbons (Fsp3) is 0.933. The number of likely N-dealkylation sites (N-methyl/N-ethyl adjacent to an activating group) is 1. The molecule has 2 aliphatic carbocycles. The van der Waals surface area contributed by atoms with Gasteiger partial charge in [0.1, 0.15) is 0 Å². The second kappa shape index (κ2) is 6.23. The summed E-state index contributed by atoms with van der Waals surface area (Å²) in [4.78, 5) is 14.2. The number of nitrogens with zero attached hydrogens (tertiary/aromatic N) is 1. The first-order chi connectivity index (χ1) is 9.00. The summed E-state index contributed by atoms with van der Waals surface area (Å²) in [6, 6.07) is 0.449. The molecule has 0 aliphatic heterocycles. The molecule has 1 unspecified atom stereocenters. The smallest absolute Gasteiger partial charge is 0.222 e. The van der Waals surface area contributed by atoms with Gasteiger partial charge in [0.25, 0.3) is 0 Å². The zero-order valence-corrected chi connectivity index (χ0v) is 12.3. The highest BCUT2D eigenvalue weighted by Gasteiger charge is 2.34. The van der Waals surface area contributed by atoms with Gasteiger partial charge < -0.3 is 15.3 Å². The Morgan fingerprint density at radius 1 is 1.32 bits per heavy atom. The topological polar surface area (TPSA) is 52.6 Å². The van der Waals surface area contributed by atoms with Crippen LogP contribution in [0.2, 0.25) is 0 Å². The largest absolute Gasteiger partial charge is 0.389 e. The van der Waals surface area contributed by atoms with E-state index in [0.29, 0.717) is 12.6 Å². The number of rotatable bonds is 6. The molecule has 0 radical (unpaired) electrons. The lowest BCUT2D eigenvalue weighted by molar-refractivity contribution is -0.127. The summed E-state index contributed by atoms with van der Waals surface area (Å²) < 4.78 is 0. The van der Waals surface area contributed by atoms with Crippen molar-refractivity contribution in [1.29, 1.82) is 0 Å². The molecule has 2 N–H and O–H groups in total. The van der Waals surface area contributed by atoms with Gasteiger partial charge in [-0.1, -0.05) is 19.3 Å². The maximum Gasteiger partial charge on any atom is 0.222 e. The van der Waals surface area contributed by atoms with E-state index in [4.69, 9.17) is 0 Å². The van der Waals surface area contributed by atoms with Gasteiger partial charge in [-0.05, 0) is 45.7 Å². The zero-order valence-electron chi connectivity index (χ0n) is 12.3. The van der Waals surface area contributed by atoms with Gasteiger partial charge in [-0.3, -0.25) is 4.79 Å². The number of carbonyl (C=O) groups excluding carboxylic acids is 1. The molecule has 0 spiro atoms. The van der Waals surface area contributed by atoms with E-state index >= 15 is 0 Å².